The number of aromatic nitrogens is 6. The Labute approximate surface area is 222 Å². The monoisotopic (exact) mass is 534 g/mol. The first-order valence-corrected chi connectivity index (χ1v) is 13.7. The highest BCUT2D eigenvalue weighted by Crippen LogP contribution is 2.35. The third-order valence-corrected chi connectivity index (χ3v) is 7.68. The Morgan fingerprint density at radius 3 is 1.72 bits per heavy atom. The number of H-pyrrole nitrogens is 3. The van der Waals surface area contributed by atoms with Gasteiger partial charge in [-0.25, -0.2) is 15.0 Å². The van der Waals surface area contributed by atoms with Crippen molar-refractivity contribution in [2.75, 3.05) is 0 Å². The molecule has 0 aliphatic rings. The third kappa shape index (κ3) is 4.06. The fourth-order valence-electron chi connectivity index (χ4n) is 4.88. The van der Waals surface area contributed by atoms with Gasteiger partial charge in [0.15, 0.2) is 0 Å². The minimum Gasteiger partial charge on any atom is -0.338 e. The van der Waals surface area contributed by atoms with Gasteiger partial charge in [-0.3, -0.25) is 4.55 Å². The van der Waals surface area contributed by atoms with Crippen molar-refractivity contribution >= 4 is 43.2 Å². The average molecular weight is 535 g/mol. The summed E-state index contributed by atoms with van der Waals surface area (Å²) >= 11 is 0. The molecule has 0 radical (unpaired) electrons. The Morgan fingerprint density at radius 1 is 0.590 bits per heavy atom. The summed E-state index contributed by atoms with van der Waals surface area (Å²) in [5, 5.41) is 0. The van der Waals surface area contributed by atoms with Crippen LogP contribution >= 0.6 is 0 Å². The first-order chi connectivity index (χ1) is 18.7. The number of aromatic amines is 3. The Bertz CT molecular complexity index is 2190. The molecule has 0 amide bonds. The summed E-state index contributed by atoms with van der Waals surface area (Å²) < 4.78 is 32.7. The van der Waals surface area contributed by atoms with E-state index in [1.807, 2.05) is 56.3 Å². The normalized spacial score (nSPS) is 12.2. The highest BCUT2D eigenvalue weighted by Gasteiger charge is 2.18. The zero-order valence-electron chi connectivity index (χ0n) is 20.9. The second kappa shape index (κ2) is 8.35. The maximum absolute atomic E-state index is 11.6. The predicted octanol–water partition coefficient (Wildman–Crippen LogP) is 6.18. The van der Waals surface area contributed by atoms with Crippen molar-refractivity contribution in [3.8, 4) is 34.2 Å². The number of aryl methyl sites for hydroxylation is 2. The quantitative estimate of drug-likeness (QED) is 0.199. The van der Waals surface area contributed by atoms with Gasteiger partial charge in [0.2, 0.25) is 0 Å². The van der Waals surface area contributed by atoms with Crippen LogP contribution in [0.5, 0.6) is 0 Å². The molecular weight excluding hydrogens is 512 g/mol. The SMILES string of the molecule is Cc1ccc2nc(-c3ccc(-c4nc5ccc(S(=O)(=O)O)cc5[nH]4)cc3-c3nc4ccc(C)cc4[nH]3)[nH]c2c1. The summed E-state index contributed by atoms with van der Waals surface area (Å²) in [6, 6.07) is 22.3. The number of nitrogens with zero attached hydrogens (tertiary/aromatic N) is 3. The Kier molecular flexibility index (Phi) is 5.00. The van der Waals surface area contributed by atoms with Gasteiger partial charge in [-0.1, -0.05) is 18.2 Å². The van der Waals surface area contributed by atoms with Gasteiger partial charge in [0, 0.05) is 16.7 Å². The number of imidazole rings is 3. The standard InChI is InChI=1S/C29H22N6O3S/c1-15-3-8-21-24(11-15)34-28(31-21)19-7-5-17(13-20(19)29-32-22-9-4-16(2)12-25(22)35-29)27-30-23-10-6-18(39(36,37)38)14-26(23)33-27/h3-14H,1-2H3,(H,30,33)(H,31,34)(H,32,35)(H,36,37,38). The molecule has 0 aliphatic heterocycles. The van der Waals surface area contributed by atoms with Crippen LogP contribution in [0.15, 0.2) is 77.7 Å². The number of benzene rings is 4. The number of hydrogen-bond donors (Lipinski definition) is 4. The molecule has 3 heterocycles. The largest absolute Gasteiger partial charge is 0.338 e. The molecule has 0 spiro atoms. The lowest BCUT2D eigenvalue weighted by Crippen LogP contribution is -1.97. The van der Waals surface area contributed by atoms with Crippen LogP contribution in [0.4, 0.5) is 0 Å². The molecular formula is C29H22N6O3S. The van der Waals surface area contributed by atoms with E-state index in [2.05, 4.69) is 32.1 Å². The van der Waals surface area contributed by atoms with Crippen molar-refractivity contribution in [2.45, 2.75) is 18.7 Å². The van der Waals surface area contributed by atoms with Gasteiger partial charge >= 0.3 is 0 Å². The molecule has 0 fully saturated rings. The van der Waals surface area contributed by atoms with E-state index in [1.54, 1.807) is 6.07 Å². The van der Waals surface area contributed by atoms with Crippen LogP contribution in [0, 0.1) is 13.8 Å². The number of rotatable bonds is 4. The van der Waals surface area contributed by atoms with Crippen LogP contribution in [0.2, 0.25) is 0 Å². The van der Waals surface area contributed by atoms with Crippen LogP contribution in [0.25, 0.3) is 67.3 Å². The number of fused-ring (bicyclic) bond motifs is 3. The van der Waals surface area contributed by atoms with E-state index < -0.39 is 10.1 Å². The smallest absolute Gasteiger partial charge is 0.294 e. The summed E-state index contributed by atoms with van der Waals surface area (Å²) in [6.45, 7) is 4.08. The Balaban J connectivity index is 1.42. The van der Waals surface area contributed by atoms with Crippen LogP contribution in [-0.2, 0) is 10.1 Å². The van der Waals surface area contributed by atoms with Gasteiger partial charge in [0.1, 0.15) is 17.5 Å². The fraction of sp³-hybridized carbons (Fsp3) is 0.0690. The van der Waals surface area contributed by atoms with Gasteiger partial charge in [0.25, 0.3) is 10.1 Å². The van der Waals surface area contributed by atoms with Crippen LogP contribution in [-0.4, -0.2) is 42.9 Å². The van der Waals surface area contributed by atoms with E-state index in [4.69, 9.17) is 9.97 Å². The number of hydrogen-bond acceptors (Lipinski definition) is 5. The molecule has 192 valence electrons. The highest BCUT2D eigenvalue weighted by atomic mass is 32.2. The van der Waals surface area contributed by atoms with Crippen LogP contribution in [0.3, 0.4) is 0 Å². The minimum absolute atomic E-state index is 0.195. The van der Waals surface area contributed by atoms with Crippen molar-refractivity contribution < 1.29 is 13.0 Å². The second-order valence-corrected chi connectivity index (χ2v) is 11.1. The second-order valence-electron chi connectivity index (χ2n) is 9.71. The van der Waals surface area contributed by atoms with Crippen molar-refractivity contribution in [3.05, 3.63) is 83.9 Å². The maximum atomic E-state index is 11.6. The fourth-order valence-corrected chi connectivity index (χ4v) is 5.39. The molecule has 0 aliphatic carbocycles. The summed E-state index contributed by atoms with van der Waals surface area (Å²) in [6.07, 6.45) is 0. The predicted molar refractivity (Wildman–Crippen MR) is 151 cm³/mol. The molecule has 7 aromatic rings. The zero-order chi connectivity index (χ0) is 26.9. The molecule has 10 heteroatoms. The van der Waals surface area contributed by atoms with Crippen molar-refractivity contribution in [3.63, 3.8) is 0 Å². The first-order valence-electron chi connectivity index (χ1n) is 12.3. The average Bonchev–Trinajstić information content (AvgIpc) is 3.63. The van der Waals surface area contributed by atoms with Gasteiger partial charge in [-0.15, -0.1) is 0 Å². The van der Waals surface area contributed by atoms with E-state index in [9.17, 15) is 13.0 Å². The van der Waals surface area contributed by atoms with Gasteiger partial charge < -0.3 is 15.0 Å². The molecule has 0 bridgehead atoms. The maximum Gasteiger partial charge on any atom is 0.294 e. The van der Waals surface area contributed by atoms with E-state index in [0.717, 1.165) is 55.7 Å². The Morgan fingerprint density at radius 2 is 1.10 bits per heavy atom. The van der Waals surface area contributed by atoms with Crippen molar-refractivity contribution in [2.24, 2.45) is 0 Å². The van der Waals surface area contributed by atoms with Crippen LogP contribution in [0.1, 0.15) is 11.1 Å². The van der Waals surface area contributed by atoms with E-state index in [0.29, 0.717) is 22.7 Å². The first kappa shape index (κ1) is 23.3. The summed E-state index contributed by atoms with van der Waals surface area (Å²) in [5.41, 5.74) is 9.44. The van der Waals surface area contributed by atoms with Gasteiger partial charge in [0.05, 0.1) is 38.0 Å². The van der Waals surface area contributed by atoms with E-state index in [1.165, 1.54) is 12.1 Å². The molecule has 0 saturated heterocycles. The lowest BCUT2D eigenvalue weighted by molar-refractivity contribution is 0.483. The van der Waals surface area contributed by atoms with Gasteiger partial charge in [-0.2, -0.15) is 8.42 Å². The van der Waals surface area contributed by atoms with Crippen molar-refractivity contribution in [1.29, 1.82) is 0 Å². The topological polar surface area (TPSA) is 140 Å². The lowest BCUT2D eigenvalue weighted by Gasteiger charge is -2.08. The van der Waals surface area contributed by atoms with E-state index in [-0.39, 0.29) is 4.90 Å². The molecule has 7 rings (SSSR count). The van der Waals surface area contributed by atoms with Crippen LogP contribution < -0.4 is 0 Å². The molecule has 4 N–H and O–H groups in total. The van der Waals surface area contributed by atoms with Crippen molar-refractivity contribution in [1.82, 2.24) is 29.9 Å². The molecule has 3 aromatic heterocycles. The number of nitrogens with one attached hydrogen (secondary N) is 3. The molecule has 4 aromatic carbocycles. The molecule has 0 unspecified atom stereocenters. The molecule has 0 saturated carbocycles. The third-order valence-electron chi connectivity index (χ3n) is 6.83. The molecule has 39 heavy (non-hydrogen) atoms. The minimum atomic E-state index is -4.33. The summed E-state index contributed by atoms with van der Waals surface area (Å²) in [5.74, 6) is 1.96. The van der Waals surface area contributed by atoms with Gasteiger partial charge in [-0.05, 0) is 79.6 Å². The highest BCUT2D eigenvalue weighted by molar-refractivity contribution is 7.85. The lowest BCUT2D eigenvalue weighted by atomic mass is 10.0. The zero-order valence-corrected chi connectivity index (χ0v) is 21.8. The Hall–Kier alpha value is -4.80. The molecule has 9 nitrogen and oxygen atoms in total. The summed E-state index contributed by atoms with van der Waals surface area (Å²) in [7, 11) is -4.33. The van der Waals surface area contributed by atoms with E-state index >= 15 is 0 Å². The molecule has 0 atom stereocenters. The summed E-state index contributed by atoms with van der Waals surface area (Å²) in [4.78, 5) is 24.3.